The molecule has 2 aromatic rings. The van der Waals surface area contributed by atoms with Crippen LogP contribution in [0.4, 0.5) is 16.0 Å². The number of halogens is 1. The van der Waals surface area contributed by atoms with Crippen molar-refractivity contribution < 1.29 is 9.13 Å². The van der Waals surface area contributed by atoms with Gasteiger partial charge in [-0.1, -0.05) is 26.2 Å². The molecule has 0 unspecified atom stereocenters. The van der Waals surface area contributed by atoms with Gasteiger partial charge in [0.05, 0.1) is 12.4 Å². The molecule has 7 heteroatoms. The highest BCUT2D eigenvalue weighted by Crippen LogP contribution is 2.31. The third-order valence-corrected chi connectivity index (χ3v) is 6.17. The number of pyridine rings is 1. The largest absolute Gasteiger partial charge is 0.381 e. The summed E-state index contributed by atoms with van der Waals surface area (Å²) in [5.74, 6) is 1.03. The van der Waals surface area contributed by atoms with Crippen LogP contribution in [0.15, 0.2) is 24.5 Å². The van der Waals surface area contributed by atoms with Gasteiger partial charge in [0.2, 0.25) is 0 Å². The molecule has 0 atom stereocenters. The molecule has 2 aliphatic rings. The second-order valence-electron chi connectivity index (χ2n) is 8.63. The molecule has 0 aromatic carbocycles. The maximum atomic E-state index is 14.5. The molecule has 156 valence electrons. The SMILES string of the molecule is CC1(CNc2cc(-c3cc(NC4CCCCC4)ncc3F)cnn2)CCOCC1. The maximum Gasteiger partial charge on any atom is 0.149 e. The highest BCUT2D eigenvalue weighted by atomic mass is 19.1. The Balaban J connectivity index is 1.47. The fourth-order valence-electron chi connectivity index (χ4n) is 4.14. The van der Waals surface area contributed by atoms with Gasteiger partial charge < -0.3 is 15.4 Å². The van der Waals surface area contributed by atoms with E-state index in [1.165, 1.54) is 25.5 Å². The monoisotopic (exact) mass is 399 g/mol. The molecule has 1 saturated heterocycles. The lowest BCUT2D eigenvalue weighted by molar-refractivity contribution is 0.0299. The van der Waals surface area contributed by atoms with Gasteiger partial charge in [0.25, 0.3) is 0 Å². The lowest BCUT2D eigenvalue weighted by Gasteiger charge is -2.33. The van der Waals surface area contributed by atoms with Crippen LogP contribution in [0.2, 0.25) is 0 Å². The molecule has 0 radical (unpaired) electrons. The van der Waals surface area contributed by atoms with Crippen molar-refractivity contribution in [2.75, 3.05) is 30.4 Å². The first kappa shape index (κ1) is 20.0. The van der Waals surface area contributed by atoms with E-state index in [1.807, 2.05) is 6.07 Å². The van der Waals surface area contributed by atoms with Crippen molar-refractivity contribution in [2.24, 2.45) is 5.41 Å². The summed E-state index contributed by atoms with van der Waals surface area (Å²) in [5, 5.41) is 15.1. The van der Waals surface area contributed by atoms with Crippen LogP contribution in [0.1, 0.15) is 51.9 Å². The molecule has 0 spiro atoms. The Kier molecular flexibility index (Phi) is 6.23. The second kappa shape index (κ2) is 9.03. The van der Waals surface area contributed by atoms with Gasteiger partial charge in [-0.15, -0.1) is 5.10 Å². The molecule has 0 amide bonds. The Labute approximate surface area is 171 Å². The summed E-state index contributed by atoms with van der Waals surface area (Å²) in [4.78, 5) is 4.24. The number of rotatable bonds is 6. The zero-order chi connectivity index (χ0) is 20.1. The summed E-state index contributed by atoms with van der Waals surface area (Å²) in [5.41, 5.74) is 1.37. The molecule has 4 rings (SSSR count). The fourth-order valence-corrected chi connectivity index (χ4v) is 4.14. The number of hydrogen-bond acceptors (Lipinski definition) is 6. The number of ether oxygens (including phenoxy) is 1. The van der Waals surface area contributed by atoms with Gasteiger partial charge >= 0.3 is 0 Å². The summed E-state index contributed by atoms with van der Waals surface area (Å²) in [6.45, 7) is 4.64. The number of nitrogens with one attached hydrogen (secondary N) is 2. The first-order chi connectivity index (χ1) is 14.1. The van der Waals surface area contributed by atoms with Crippen molar-refractivity contribution in [3.05, 3.63) is 30.3 Å². The minimum atomic E-state index is -0.352. The average molecular weight is 400 g/mol. The number of nitrogens with zero attached hydrogens (tertiary/aromatic N) is 3. The Morgan fingerprint density at radius 1 is 1.10 bits per heavy atom. The number of hydrogen-bond donors (Lipinski definition) is 2. The van der Waals surface area contributed by atoms with Crippen LogP contribution in [0.25, 0.3) is 11.1 Å². The van der Waals surface area contributed by atoms with Crippen LogP contribution in [0, 0.1) is 11.2 Å². The van der Waals surface area contributed by atoms with Gasteiger partial charge in [0.15, 0.2) is 0 Å². The lowest BCUT2D eigenvalue weighted by atomic mass is 9.82. The molecular formula is C22H30FN5O. The Morgan fingerprint density at radius 2 is 1.90 bits per heavy atom. The topological polar surface area (TPSA) is 72.0 Å². The first-order valence-electron chi connectivity index (χ1n) is 10.7. The second-order valence-corrected chi connectivity index (χ2v) is 8.63. The van der Waals surface area contributed by atoms with Crippen LogP contribution < -0.4 is 10.6 Å². The Morgan fingerprint density at radius 3 is 2.69 bits per heavy atom. The van der Waals surface area contributed by atoms with Gasteiger partial charge in [0.1, 0.15) is 17.5 Å². The predicted octanol–water partition coefficient (Wildman–Crippen LogP) is 4.65. The van der Waals surface area contributed by atoms with Crippen molar-refractivity contribution in [2.45, 2.75) is 57.9 Å². The molecule has 2 aromatic heterocycles. The van der Waals surface area contributed by atoms with E-state index in [0.29, 0.717) is 28.8 Å². The predicted molar refractivity (Wildman–Crippen MR) is 112 cm³/mol. The highest BCUT2D eigenvalue weighted by molar-refractivity contribution is 5.68. The van der Waals surface area contributed by atoms with Crippen molar-refractivity contribution in [1.82, 2.24) is 15.2 Å². The van der Waals surface area contributed by atoms with Gasteiger partial charge in [0, 0.05) is 36.9 Å². The van der Waals surface area contributed by atoms with Crippen molar-refractivity contribution >= 4 is 11.6 Å². The lowest BCUT2D eigenvalue weighted by Crippen LogP contribution is -2.33. The normalized spacial score (nSPS) is 19.7. The van der Waals surface area contributed by atoms with Crippen molar-refractivity contribution in [3.8, 4) is 11.1 Å². The molecule has 2 N–H and O–H groups in total. The van der Waals surface area contributed by atoms with E-state index in [2.05, 4.69) is 32.7 Å². The van der Waals surface area contributed by atoms with E-state index in [4.69, 9.17) is 4.74 Å². The van der Waals surface area contributed by atoms with Gasteiger partial charge in [-0.3, -0.25) is 0 Å². The van der Waals surface area contributed by atoms with E-state index < -0.39 is 0 Å². The maximum absolute atomic E-state index is 14.5. The van der Waals surface area contributed by atoms with Crippen LogP contribution >= 0.6 is 0 Å². The minimum absolute atomic E-state index is 0.176. The molecular weight excluding hydrogens is 369 g/mol. The molecule has 0 bridgehead atoms. The summed E-state index contributed by atoms with van der Waals surface area (Å²) >= 11 is 0. The Hall–Kier alpha value is -2.28. The summed E-state index contributed by atoms with van der Waals surface area (Å²) < 4.78 is 20.0. The summed E-state index contributed by atoms with van der Waals surface area (Å²) in [6, 6.07) is 4.06. The van der Waals surface area contributed by atoms with E-state index in [9.17, 15) is 4.39 Å². The van der Waals surface area contributed by atoms with E-state index in [-0.39, 0.29) is 11.2 Å². The van der Waals surface area contributed by atoms with Crippen LogP contribution in [0.5, 0.6) is 0 Å². The van der Waals surface area contributed by atoms with Crippen LogP contribution in [-0.4, -0.2) is 41.0 Å². The van der Waals surface area contributed by atoms with Crippen LogP contribution in [0.3, 0.4) is 0 Å². The molecule has 6 nitrogen and oxygen atoms in total. The average Bonchev–Trinajstić information content (AvgIpc) is 2.75. The third kappa shape index (κ3) is 5.21. The fraction of sp³-hybridized carbons (Fsp3) is 0.591. The molecule has 2 fully saturated rings. The minimum Gasteiger partial charge on any atom is -0.381 e. The number of anilines is 2. The Bertz CT molecular complexity index is 819. The van der Waals surface area contributed by atoms with Gasteiger partial charge in [-0.25, -0.2) is 9.37 Å². The van der Waals surface area contributed by atoms with E-state index >= 15 is 0 Å². The van der Waals surface area contributed by atoms with Crippen LogP contribution in [-0.2, 0) is 4.74 Å². The standard InChI is InChI=1S/C22H30FN5O/c1-22(7-9-29-10-8-22)15-25-21-11-16(13-26-28-21)18-12-20(24-14-19(18)23)27-17-5-3-2-4-6-17/h11-14,17H,2-10,15H2,1H3,(H,24,27)(H,25,28). The molecule has 1 aliphatic carbocycles. The van der Waals surface area contributed by atoms with Crippen molar-refractivity contribution in [3.63, 3.8) is 0 Å². The zero-order valence-corrected chi connectivity index (χ0v) is 17.1. The van der Waals surface area contributed by atoms with Gasteiger partial charge in [-0.05, 0) is 43.2 Å². The molecule has 1 saturated carbocycles. The number of aromatic nitrogens is 3. The third-order valence-electron chi connectivity index (χ3n) is 6.17. The summed E-state index contributed by atoms with van der Waals surface area (Å²) in [6.07, 6.45) is 11.0. The molecule has 3 heterocycles. The zero-order valence-electron chi connectivity index (χ0n) is 17.1. The summed E-state index contributed by atoms with van der Waals surface area (Å²) in [7, 11) is 0. The van der Waals surface area contributed by atoms with Crippen molar-refractivity contribution in [1.29, 1.82) is 0 Å². The highest BCUT2D eigenvalue weighted by Gasteiger charge is 2.27. The van der Waals surface area contributed by atoms with E-state index in [1.54, 1.807) is 12.3 Å². The smallest absolute Gasteiger partial charge is 0.149 e. The molecule has 29 heavy (non-hydrogen) atoms. The molecule has 1 aliphatic heterocycles. The quantitative estimate of drug-likeness (QED) is 0.737. The first-order valence-corrected chi connectivity index (χ1v) is 10.7. The van der Waals surface area contributed by atoms with E-state index in [0.717, 1.165) is 45.4 Å². The van der Waals surface area contributed by atoms with Gasteiger partial charge in [-0.2, -0.15) is 5.10 Å².